The molecule has 1 aromatic carbocycles. The lowest BCUT2D eigenvalue weighted by atomic mass is 10.1. The van der Waals surface area contributed by atoms with Gasteiger partial charge in [0.15, 0.2) is 5.96 Å². The first-order valence-corrected chi connectivity index (χ1v) is 7.79. The maximum absolute atomic E-state index is 5.41. The third-order valence-electron chi connectivity index (χ3n) is 3.42. The summed E-state index contributed by atoms with van der Waals surface area (Å²) in [5, 5.41) is 6.68. The number of hydrogen-bond donors (Lipinski definition) is 2. The largest absolute Gasteiger partial charge is 0.496 e. The van der Waals surface area contributed by atoms with E-state index < -0.39 is 0 Å². The lowest BCUT2D eigenvalue weighted by Gasteiger charge is -2.14. The maximum atomic E-state index is 5.41. The number of aryl methyl sites for hydroxylation is 1. The molecule has 22 heavy (non-hydrogen) atoms. The summed E-state index contributed by atoms with van der Waals surface area (Å²) in [6.45, 7) is 4.92. The molecule has 1 rings (SSSR count). The summed E-state index contributed by atoms with van der Waals surface area (Å²) >= 11 is 0. The zero-order valence-electron chi connectivity index (χ0n) is 14.6. The van der Waals surface area contributed by atoms with Crippen LogP contribution in [0.25, 0.3) is 0 Å². The maximum Gasteiger partial charge on any atom is 0.190 e. The molecule has 0 aliphatic carbocycles. The molecule has 0 spiro atoms. The number of benzene rings is 1. The fourth-order valence-corrected chi connectivity index (χ4v) is 2.24. The smallest absolute Gasteiger partial charge is 0.190 e. The van der Waals surface area contributed by atoms with Gasteiger partial charge in [0.25, 0.3) is 0 Å². The zero-order chi connectivity index (χ0) is 16.4. The second kappa shape index (κ2) is 10.1. The molecule has 2 N–H and O–H groups in total. The van der Waals surface area contributed by atoms with Gasteiger partial charge in [-0.15, -0.1) is 0 Å². The van der Waals surface area contributed by atoms with Crippen molar-refractivity contribution in [2.75, 3.05) is 47.9 Å². The van der Waals surface area contributed by atoms with Crippen LogP contribution in [0.2, 0.25) is 0 Å². The Morgan fingerprint density at radius 1 is 1.23 bits per heavy atom. The van der Waals surface area contributed by atoms with Crippen molar-refractivity contribution in [2.45, 2.75) is 19.8 Å². The van der Waals surface area contributed by atoms with Gasteiger partial charge < -0.3 is 20.3 Å². The second-order valence-electron chi connectivity index (χ2n) is 5.65. The van der Waals surface area contributed by atoms with Gasteiger partial charge in [-0.05, 0) is 52.0 Å². The molecule has 0 saturated carbocycles. The molecule has 5 heteroatoms. The zero-order valence-corrected chi connectivity index (χ0v) is 14.6. The van der Waals surface area contributed by atoms with Crippen molar-refractivity contribution in [1.29, 1.82) is 0 Å². The van der Waals surface area contributed by atoms with Crippen molar-refractivity contribution in [2.24, 2.45) is 4.99 Å². The third kappa shape index (κ3) is 6.80. The summed E-state index contributed by atoms with van der Waals surface area (Å²) in [7, 11) is 7.69. The first kappa shape index (κ1) is 18.3. The molecule has 0 radical (unpaired) electrons. The van der Waals surface area contributed by atoms with Crippen molar-refractivity contribution in [3.8, 4) is 5.75 Å². The van der Waals surface area contributed by atoms with Crippen LogP contribution in [-0.4, -0.2) is 58.7 Å². The van der Waals surface area contributed by atoms with E-state index in [2.05, 4.69) is 53.7 Å². The van der Waals surface area contributed by atoms with E-state index in [0.29, 0.717) is 0 Å². The fourth-order valence-electron chi connectivity index (χ4n) is 2.24. The van der Waals surface area contributed by atoms with Crippen LogP contribution in [0, 0.1) is 6.92 Å². The summed E-state index contributed by atoms with van der Waals surface area (Å²) < 4.78 is 5.41. The highest BCUT2D eigenvalue weighted by molar-refractivity contribution is 5.79. The molecule has 0 aromatic heterocycles. The Hall–Kier alpha value is -1.75. The average molecular weight is 306 g/mol. The quantitative estimate of drug-likeness (QED) is 0.436. The first-order valence-electron chi connectivity index (χ1n) is 7.79. The van der Waals surface area contributed by atoms with Crippen LogP contribution < -0.4 is 15.4 Å². The van der Waals surface area contributed by atoms with Crippen LogP contribution in [0.15, 0.2) is 23.2 Å². The number of rotatable bonds is 8. The molecule has 1 aromatic rings. The minimum atomic E-state index is 0.827. The van der Waals surface area contributed by atoms with E-state index in [1.807, 2.05) is 6.07 Å². The van der Waals surface area contributed by atoms with Crippen molar-refractivity contribution < 1.29 is 4.74 Å². The molecule has 0 aliphatic heterocycles. The Balaban J connectivity index is 2.37. The van der Waals surface area contributed by atoms with Crippen LogP contribution in [0.3, 0.4) is 0 Å². The van der Waals surface area contributed by atoms with Gasteiger partial charge in [0, 0.05) is 20.1 Å². The highest BCUT2D eigenvalue weighted by Gasteiger charge is 2.04. The Kier molecular flexibility index (Phi) is 8.36. The van der Waals surface area contributed by atoms with Gasteiger partial charge in [-0.2, -0.15) is 0 Å². The number of guanidine groups is 1. The Morgan fingerprint density at radius 2 is 1.95 bits per heavy atom. The van der Waals surface area contributed by atoms with E-state index >= 15 is 0 Å². The number of hydrogen-bond acceptors (Lipinski definition) is 3. The highest BCUT2D eigenvalue weighted by Crippen LogP contribution is 2.19. The normalized spacial score (nSPS) is 11.6. The van der Waals surface area contributed by atoms with E-state index in [1.165, 1.54) is 11.1 Å². The van der Waals surface area contributed by atoms with E-state index in [1.54, 1.807) is 14.2 Å². The Morgan fingerprint density at radius 3 is 2.59 bits per heavy atom. The van der Waals surface area contributed by atoms with Gasteiger partial charge in [-0.3, -0.25) is 4.99 Å². The summed E-state index contributed by atoms with van der Waals surface area (Å²) in [6, 6.07) is 6.27. The molecule has 0 saturated heterocycles. The summed E-state index contributed by atoms with van der Waals surface area (Å²) in [5.74, 6) is 1.80. The molecule has 0 fully saturated rings. The molecule has 0 amide bonds. The molecule has 0 atom stereocenters. The van der Waals surface area contributed by atoms with Gasteiger partial charge in [-0.25, -0.2) is 0 Å². The minimum absolute atomic E-state index is 0.827. The van der Waals surface area contributed by atoms with Gasteiger partial charge in [0.2, 0.25) is 0 Å². The topological polar surface area (TPSA) is 48.9 Å². The highest BCUT2D eigenvalue weighted by atomic mass is 16.5. The summed E-state index contributed by atoms with van der Waals surface area (Å²) in [5.41, 5.74) is 2.47. The van der Waals surface area contributed by atoms with Gasteiger partial charge in [-0.1, -0.05) is 17.7 Å². The predicted molar refractivity (Wildman–Crippen MR) is 94.0 cm³/mol. The SMILES string of the molecule is CN=C(NCCCN(C)C)NCCc1cc(C)ccc1OC. The number of ether oxygens (including phenoxy) is 1. The summed E-state index contributed by atoms with van der Waals surface area (Å²) in [4.78, 5) is 6.43. The van der Waals surface area contributed by atoms with Crippen molar-refractivity contribution in [3.05, 3.63) is 29.3 Å². The van der Waals surface area contributed by atoms with Crippen LogP contribution >= 0.6 is 0 Å². The standard InChI is InChI=1S/C17H30N4O/c1-14-7-8-16(22-5)15(13-14)9-11-20-17(18-2)19-10-6-12-21(3)4/h7-8,13H,6,9-12H2,1-5H3,(H2,18,19,20). The second-order valence-corrected chi connectivity index (χ2v) is 5.65. The molecular weight excluding hydrogens is 276 g/mol. The van der Waals surface area contributed by atoms with Crippen molar-refractivity contribution in [1.82, 2.24) is 15.5 Å². The third-order valence-corrected chi connectivity index (χ3v) is 3.42. The van der Waals surface area contributed by atoms with Crippen LogP contribution in [0.1, 0.15) is 17.5 Å². The number of nitrogens with zero attached hydrogens (tertiary/aromatic N) is 2. The molecule has 5 nitrogen and oxygen atoms in total. The number of methoxy groups -OCH3 is 1. The summed E-state index contributed by atoms with van der Waals surface area (Å²) in [6.07, 6.45) is 2.00. The molecule has 0 bridgehead atoms. The van der Waals surface area contributed by atoms with Gasteiger partial charge in [0.05, 0.1) is 7.11 Å². The number of aliphatic imine (C=N–C) groups is 1. The Bertz CT molecular complexity index is 472. The van der Waals surface area contributed by atoms with Gasteiger partial charge in [0.1, 0.15) is 5.75 Å². The Labute approximate surface area is 134 Å². The lowest BCUT2D eigenvalue weighted by Crippen LogP contribution is -2.39. The number of nitrogens with one attached hydrogen (secondary N) is 2. The first-order chi connectivity index (χ1) is 10.6. The van der Waals surface area contributed by atoms with E-state index in [9.17, 15) is 0 Å². The average Bonchev–Trinajstić information content (AvgIpc) is 2.49. The van der Waals surface area contributed by atoms with E-state index in [-0.39, 0.29) is 0 Å². The molecular formula is C17H30N4O. The van der Waals surface area contributed by atoms with E-state index in [4.69, 9.17) is 4.74 Å². The predicted octanol–water partition coefficient (Wildman–Crippen LogP) is 1.66. The lowest BCUT2D eigenvalue weighted by molar-refractivity contribution is 0.399. The van der Waals surface area contributed by atoms with Gasteiger partial charge >= 0.3 is 0 Å². The van der Waals surface area contributed by atoms with Crippen LogP contribution in [0.4, 0.5) is 0 Å². The minimum Gasteiger partial charge on any atom is -0.496 e. The fraction of sp³-hybridized carbons (Fsp3) is 0.588. The van der Waals surface area contributed by atoms with E-state index in [0.717, 1.165) is 44.2 Å². The van der Waals surface area contributed by atoms with Crippen molar-refractivity contribution >= 4 is 5.96 Å². The molecule has 0 unspecified atom stereocenters. The molecule has 0 aliphatic rings. The van der Waals surface area contributed by atoms with Crippen LogP contribution in [-0.2, 0) is 6.42 Å². The molecule has 0 heterocycles. The van der Waals surface area contributed by atoms with Crippen molar-refractivity contribution in [3.63, 3.8) is 0 Å². The van der Waals surface area contributed by atoms with Crippen LogP contribution in [0.5, 0.6) is 5.75 Å². The molecule has 124 valence electrons. The monoisotopic (exact) mass is 306 g/mol.